The van der Waals surface area contributed by atoms with E-state index < -0.39 is 6.30 Å². The van der Waals surface area contributed by atoms with E-state index in [4.69, 9.17) is 0 Å². The average molecular weight is 216 g/mol. The topological polar surface area (TPSA) is 29.7 Å². The smallest absolute Gasteiger partial charge is 0.127 e. The normalized spacial score (nSPS) is 18.0. The van der Waals surface area contributed by atoms with Crippen molar-refractivity contribution in [3.05, 3.63) is 10.8 Å². The van der Waals surface area contributed by atoms with Crippen molar-refractivity contribution in [2.75, 3.05) is 0 Å². The Morgan fingerprint density at radius 1 is 1.60 bits per heavy atom. The van der Waals surface area contributed by atoms with E-state index in [0.29, 0.717) is 0 Å². The molecule has 0 saturated heterocycles. The molecule has 1 heterocycles. The Kier molecular flexibility index (Phi) is 1.67. The van der Waals surface area contributed by atoms with Crippen molar-refractivity contribution in [1.82, 2.24) is 10.1 Å². The quantitative estimate of drug-likeness (QED) is 0.567. The SMILES string of the molecule is FC(F)(F)N1C=C(Br)[N+]=N1. The van der Waals surface area contributed by atoms with Gasteiger partial charge in [0.05, 0.1) is 5.11 Å². The number of rotatable bonds is 0. The maximum Gasteiger partial charge on any atom is 0.587 e. The van der Waals surface area contributed by atoms with E-state index in [2.05, 4.69) is 26.3 Å². The maximum absolute atomic E-state index is 11.6. The molecule has 0 fully saturated rings. The molecule has 10 heavy (non-hydrogen) atoms. The number of halogens is 4. The fraction of sp³-hybridized carbons (Fsp3) is 0.333. The van der Waals surface area contributed by atoms with Crippen molar-refractivity contribution in [2.45, 2.75) is 6.30 Å². The van der Waals surface area contributed by atoms with Crippen LogP contribution in [0, 0.1) is 0 Å². The average Bonchev–Trinajstić information content (AvgIpc) is 2.11. The van der Waals surface area contributed by atoms with Gasteiger partial charge in [0.15, 0.2) is 6.20 Å². The van der Waals surface area contributed by atoms with Gasteiger partial charge in [0, 0.05) is 15.9 Å². The van der Waals surface area contributed by atoms with Crippen molar-refractivity contribution in [3.63, 3.8) is 0 Å². The Morgan fingerprint density at radius 3 is 2.40 bits per heavy atom. The lowest BCUT2D eigenvalue weighted by Gasteiger charge is -2.01. The molecule has 0 bridgehead atoms. The van der Waals surface area contributed by atoms with Crippen LogP contribution in [0.4, 0.5) is 13.2 Å². The summed E-state index contributed by atoms with van der Waals surface area (Å²) < 4.78 is 35.0. The first-order chi connectivity index (χ1) is 4.50. The standard InChI is InChI=1S/C3HBrF3N3/c4-2-1-10(9-8-2)3(5,6)7/h1H/q+1. The first-order valence-electron chi connectivity index (χ1n) is 2.15. The molecular formula is C3HBrF3N3+. The van der Waals surface area contributed by atoms with E-state index in [9.17, 15) is 13.2 Å². The molecule has 0 unspecified atom stereocenters. The Labute approximate surface area is 62.3 Å². The molecular weight excluding hydrogens is 215 g/mol. The molecule has 0 aliphatic carbocycles. The van der Waals surface area contributed by atoms with Crippen LogP contribution >= 0.6 is 15.9 Å². The molecule has 7 heteroatoms. The summed E-state index contributed by atoms with van der Waals surface area (Å²) in [5.41, 5.74) is 0. The number of hydrogen-bond donors (Lipinski definition) is 0. The fourth-order valence-corrected chi connectivity index (χ4v) is 0.632. The Morgan fingerprint density at radius 2 is 2.20 bits per heavy atom. The molecule has 1 aliphatic heterocycles. The van der Waals surface area contributed by atoms with Gasteiger partial charge in [0.25, 0.3) is 4.61 Å². The summed E-state index contributed by atoms with van der Waals surface area (Å²) in [4.78, 5) is 0. The zero-order chi connectivity index (χ0) is 7.78. The lowest BCUT2D eigenvalue weighted by molar-refractivity contribution is -0.228. The molecule has 0 atom stereocenters. The molecule has 0 aromatic rings. The van der Waals surface area contributed by atoms with Gasteiger partial charge in [-0.3, -0.25) is 0 Å². The molecule has 0 spiro atoms. The van der Waals surface area contributed by atoms with Crippen molar-refractivity contribution in [1.29, 1.82) is 0 Å². The highest BCUT2D eigenvalue weighted by molar-refractivity contribution is 9.11. The van der Waals surface area contributed by atoms with Gasteiger partial charge in [-0.05, 0) is 5.01 Å². The van der Waals surface area contributed by atoms with Gasteiger partial charge in [-0.15, -0.1) is 13.2 Å². The van der Waals surface area contributed by atoms with E-state index >= 15 is 0 Å². The van der Waals surface area contributed by atoms with Gasteiger partial charge in [-0.25, -0.2) is 0 Å². The third-order valence-electron chi connectivity index (χ3n) is 0.725. The third kappa shape index (κ3) is 1.47. The van der Waals surface area contributed by atoms with Gasteiger partial charge in [-0.1, -0.05) is 0 Å². The van der Waals surface area contributed by atoms with Crippen molar-refractivity contribution in [2.24, 2.45) is 5.22 Å². The highest BCUT2D eigenvalue weighted by atomic mass is 79.9. The summed E-state index contributed by atoms with van der Waals surface area (Å²) in [7, 11) is 0. The highest BCUT2D eigenvalue weighted by Crippen LogP contribution is 2.25. The molecule has 55 valence electrons. The molecule has 1 rings (SSSR count). The van der Waals surface area contributed by atoms with Gasteiger partial charge >= 0.3 is 6.30 Å². The first kappa shape index (κ1) is 7.52. The first-order valence-corrected chi connectivity index (χ1v) is 2.94. The highest BCUT2D eigenvalue weighted by Gasteiger charge is 2.47. The van der Waals surface area contributed by atoms with Crippen LogP contribution in [0.5, 0.6) is 0 Å². The Hall–Kier alpha value is -0.590. The van der Waals surface area contributed by atoms with Gasteiger partial charge < -0.3 is 0 Å². The number of alkyl halides is 3. The van der Waals surface area contributed by atoms with E-state index in [1.165, 1.54) is 0 Å². The zero-order valence-corrected chi connectivity index (χ0v) is 6.02. The second kappa shape index (κ2) is 2.22. The summed E-state index contributed by atoms with van der Waals surface area (Å²) in [6, 6.07) is 0. The molecule has 0 saturated carbocycles. The predicted octanol–water partition coefficient (Wildman–Crippen LogP) is 1.72. The van der Waals surface area contributed by atoms with Gasteiger partial charge in [0.1, 0.15) is 5.22 Å². The van der Waals surface area contributed by atoms with Crippen molar-refractivity contribution < 1.29 is 13.2 Å². The molecule has 0 aromatic heterocycles. The van der Waals surface area contributed by atoms with E-state index in [1.807, 2.05) is 0 Å². The molecule has 1 radical (unpaired) electrons. The predicted molar refractivity (Wildman–Crippen MR) is 29.5 cm³/mol. The van der Waals surface area contributed by atoms with Gasteiger partial charge in [-0.2, -0.15) is 0 Å². The monoisotopic (exact) mass is 215 g/mol. The lowest BCUT2D eigenvalue weighted by Crippen LogP contribution is -2.26. The summed E-state index contributed by atoms with van der Waals surface area (Å²) in [6.07, 6.45) is -3.74. The van der Waals surface area contributed by atoms with Crippen LogP contribution in [0.3, 0.4) is 0 Å². The number of nitrogens with zero attached hydrogens (tertiary/aromatic N) is 3. The Balaban J connectivity index is 2.72. The zero-order valence-electron chi connectivity index (χ0n) is 4.43. The van der Waals surface area contributed by atoms with Crippen LogP contribution in [0.1, 0.15) is 0 Å². The fourth-order valence-electron chi connectivity index (χ4n) is 0.367. The van der Waals surface area contributed by atoms with E-state index in [-0.39, 0.29) is 9.62 Å². The van der Waals surface area contributed by atoms with Gasteiger partial charge in [0.2, 0.25) is 0 Å². The van der Waals surface area contributed by atoms with E-state index in [0.717, 1.165) is 6.20 Å². The Bertz CT molecular complexity index is 196. The second-order valence-electron chi connectivity index (χ2n) is 1.45. The van der Waals surface area contributed by atoms with Crippen LogP contribution in [0.15, 0.2) is 16.0 Å². The van der Waals surface area contributed by atoms with Crippen LogP contribution in [-0.2, 0) is 0 Å². The third-order valence-corrected chi connectivity index (χ3v) is 1.09. The summed E-state index contributed by atoms with van der Waals surface area (Å²) >= 11 is 2.73. The minimum Gasteiger partial charge on any atom is -0.127 e. The van der Waals surface area contributed by atoms with Crippen molar-refractivity contribution in [3.8, 4) is 0 Å². The molecule has 0 amide bonds. The largest absolute Gasteiger partial charge is 0.587 e. The van der Waals surface area contributed by atoms with E-state index in [1.54, 1.807) is 0 Å². The number of hydrogen-bond acceptors (Lipinski definition) is 3. The van der Waals surface area contributed by atoms with Crippen LogP contribution < -0.4 is 5.11 Å². The maximum atomic E-state index is 11.6. The summed E-state index contributed by atoms with van der Waals surface area (Å²) in [6.45, 7) is 0. The van der Waals surface area contributed by atoms with Crippen LogP contribution in [0.25, 0.3) is 0 Å². The lowest BCUT2D eigenvalue weighted by atomic mass is 10.8. The summed E-state index contributed by atoms with van der Waals surface area (Å²) in [5, 5.41) is 5.69. The second-order valence-corrected chi connectivity index (χ2v) is 2.27. The van der Waals surface area contributed by atoms with Crippen LogP contribution in [-0.4, -0.2) is 11.3 Å². The molecule has 3 nitrogen and oxygen atoms in total. The van der Waals surface area contributed by atoms with Crippen LogP contribution in [0.2, 0.25) is 0 Å². The molecule has 0 aromatic carbocycles. The molecule has 1 aliphatic rings. The minimum atomic E-state index is -4.47. The molecule has 0 N–H and O–H groups in total. The van der Waals surface area contributed by atoms with Crippen molar-refractivity contribution >= 4 is 15.9 Å². The summed E-state index contributed by atoms with van der Waals surface area (Å²) in [5.74, 6) is 0. The minimum absolute atomic E-state index is 0.0600.